The highest BCUT2D eigenvalue weighted by Crippen LogP contribution is 2.55. The van der Waals surface area contributed by atoms with Crippen LogP contribution in [0.3, 0.4) is 0 Å². The maximum atomic E-state index is 14.5. The minimum absolute atomic E-state index is 0.102. The Morgan fingerprint density at radius 2 is 1.55 bits per heavy atom. The third-order valence-corrected chi connectivity index (χ3v) is 14.7. The van der Waals surface area contributed by atoms with Crippen LogP contribution in [0.15, 0.2) is 12.2 Å². The van der Waals surface area contributed by atoms with Crippen LogP contribution in [0, 0.1) is 47.3 Å². The molecule has 2 spiro atoms. The molecule has 53 heavy (non-hydrogen) atoms. The van der Waals surface area contributed by atoms with E-state index in [1.807, 2.05) is 34.6 Å². The Balaban J connectivity index is 1.34. The second-order valence-corrected chi connectivity index (χ2v) is 18.5. The first-order valence-electron chi connectivity index (χ1n) is 20.8. The molecule has 18 atom stereocenters. The zero-order chi connectivity index (χ0) is 39.5. The summed E-state index contributed by atoms with van der Waals surface area (Å²) in [5, 5.41) is 57.2. The van der Waals surface area contributed by atoms with Crippen molar-refractivity contribution in [3.8, 4) is 0 Å². The largest absolute Gasteiger partial charge is 0.392 e. The zero-order valence-electron chi connectivity index (χ0n) is 34.3. The maximum Gasteiger partial charge on any atom is 0.202 e. The van der Waals surface area contributed by atoms with Crippen LogP contribution in [0.4, 0.5) is 0 Å². The molecular formula is C42H72O11. The van der Waals surface area contributed by atoms with E-state index in [0.717, 1.165) is 12.8 Å². The van der Waals surface area contributed by atoms with Gasteiger partial charge in [-0.2, -0.15) is 0 Å². The van der Waals surface area contributed by atoms with Gasteiger partial charge in [0.15, 0.2) is 17.9 Å². The SMILES string of the molecule is CC[C@@H](C(=O)[C@@H](C)[C@@H](O)[C@H](C)[C@@H]1O[C@@H]([C@H](C)C(C)C)CC[C@@H]1C)[C@@]1(O)O[C@]2(C=C[C@@H](O)[C@]3(CC[C@@](C)([C@H]4CC[C@](O)(CC)[C@H](O)O4)O3)O2)[C@H](C)C[C@@H]1C. The number of carbonyl (C=O) groups is 1. The summed E-state index contributed by atoms with van der Waals surface area (Å²) >= 11 is 0. The fourth-order valence-electron chi connectivity index (χ4n) is 10.2. The first kappa shape index (κ1) is 43.1. The lowest BCUT2D eigenvalue weighted by Crippen LogP contribution is -2.67. The van der Waals surface area contributed by atoms with Gasteiger partial charge in [0, 0.05) is 30.1 Å². The standard InChI is InChI=1S/C42H72O11/c1-12-30(35(45)28(9)34(44)29(10)36-24(5)14-15-31(49-36)27(8)23(3)4)42(48)26(7)22-25(6)40(53-42)19-16-32(43)41(52-40)21-20-38(11,51-41)33-17-18-39(47,13-2)37(46)50-33/h16,19,23-34,36-37,43-44,46-48H,12-15,17-18,20-22H2,1-11H3/t24-,25+,26-,27+,28-,29-,30-,31+,32+,33+,34+,36+,37+,38-,39+,40+,41-,42-/m0/s1. The predicted molar refractivity (Wildman–Crippen MR) is 199 cm³/mol. The van der Waals surface area contributed by atoms with Crippen molar-refractivity contribution in [1.29, 1.82) is 0 Å². The highest BCUT2D eigenvalue weighted by Gasteiger charge is 2.65. The first-order valence-corrected chi connectivity index (χ1v) is 20.8. The van der Waals surface area contributed by atoms with Gasteiger partial charge in [-0.3, -0.25) is 4.79 Å². The third-order valence-electron chi connectivity index (χ3n) is 14.7. The molecule has 306 valence electrons. The molecule has 11 heteroatoms. The van der Waals surface area contributed by atoms with E-state index in [9.17, 15) is 30.3 Å². The number of ether oxygens (including phenoxy) is 5. The molecular weight excluding hydrogens is 680 g/mol. The summed E-state index contributed by atoms with van der Waals surface area (Å²) in [6.07, 6.45) is 3.60. The molecule has 0 aliphatic carbocycles. The van der Waals surface area contributed by atoms with Crippen LogP contribution in [0.2, 0.25) is 0 Å². The Labute approximate surface area is 318 Å². The van der Waals surface area contributed by atoms with Crippen molar-refractivity contribution in [1.82, 2.24) is 0 Å². The zero-order valence-corrected chi connectivity index (χ0v) is 34.3. The van der Waals surface area contributed by atoms with Crippen molar-refractivity contribution in [3.63, 3.8) is 0 Å². The van der Waals surface area contributed by atoms with Gasteiger partial charge in [-0.25, -0.2) is 0 Å². The van der Waals surface area contributed by atoms with Gasteiger partial charge < -0.3 is 49.2 Å². The molecule has 0 aromatic rings. The van der Waals surface area contributed by atoms with Crippen LogP contribution in [0.5, 0.6) is 0 Å². The maximum absolute atomic E-state index is 14.5. The normalized spacial score (nSPS) is 47.8. The lowest BCUT2D eigenvalue weighted by atomic mass is 9.70. The fourth-order valence-corrected chi connectivity index (χ4v) is 10.2. The van der Waals surface area contributed by atoms with Crippen LogP contribution in [-0.4, -0.2) is 96.7 Å². The molecule has 4 fully saturated rings. The molecule has 5 N–H and O–H groups in total. The van der Waals surface area contributed by atoms with E-state index in [2.05, 4.69) is 27.7 Å². The molecule has 5 rings (SSSR count). The quantitative estimate of drug-likeness (QED) is 0.167. The average molecular weight is 753 g/mol. The smallest absolute Gasteiger partial charge is 0.202 e. The van der Waals surface area contributed by atoms with E-state index in [4.69, 9.17) is 23.7 Å². The van der Waals surface area contributed by atoms with Crippen molar-refractivity contribution < 1.29 is 54.0 Å². The summed E-state index contributed by atoms with van der Waals surface area (Å²) in [4.78, 5) is 14.5. The molecule has 4 saturated heterocycles. The van der Waals surface area contributed by atoms with E-state index in [-0.39, 0.29) is 48.6 Å². The highest BCUT2D eigenvalue weighted by atomic mass is 16.8. The average Bonchev–Trinajstić information content (AvgIpc) is 3.46. The highest BCUT2D eigenvalue weighted by molar-refractivity contribution is 5.84. The van der Waals surface area contributed by atoms with E-state index in [1.165, 1.54) is 0 Å². The molecule has 5 heterocycles. The van der Waals surface area contributed by atoms with Gasteiger partial charge in [0.05, 0.1) is 35.9 Å². The summed E-state index contributed by atoms with van der Waals surface area (Å²) in [5.74, 6) is -7.03. The number of ketones is 1. The molecule has 0 aromatic carbocycles. The van der Waals surface area contributed by atoms with Gasteiger partial charge in [0.1, 0.15) is 17.5 Å². The Hall–Kier alpha value is -0.990. The van der Waals surface area contributed by atoms with Crippen LogP contribution in [0.1, 0.15) is 134 Å². The summed E-state index contributed by atoms with van der Waals surface area (Å²) in [7, 11) is 0. The molecule has 0 saturated carbocycles. The Morgan fingerprint density at radius 1 is 0.868 bits per heavy atom. The van der Waals surface area contributed by atoms with Gasteiger partial charge in [-0.1, -0.05) is 69.2 Å². The third kappa shape index (κ3) is 7.72. The fraction of sp³-hybridized carbons (Fsp3) is 0.929. The van der Waals surface area contributed by atoms with Gasteiger partial charge in [0.2, 0.25) is 5.79 Å². The van der Waals surface area contributed by atoms with Crippen molar-refractivity contribution in [2.75, 3.05) is 0 Å². The number of hydrogen-bond acceptors (Lipinski definition) is 11. The molecule has 0 unspecified atom stereocenters. The lowest BCUT2D eigenvalue weighted by Gasteiger charge is -2.57. The number of Topliss-reactive ketones (excluding diaryl/α,β-unsaturated/α-hetero) is 1. The molecule has 11 nitrogen and oxygen atoms in total. The van der Waals surface area contributed by atoms with Crippen LogP contribution in [0.25, 0.3) is 0 Å². The minimum Gasteiger partial charge on any atom is -0.392 e. The van der Waals surface area contributed by atoms with Crippen LogP contribution >= 0.6 is 0 Å². The van der Waals surface area contributed by atoms with Gasteiger partial charge in [-0.05, 0) is 88.2 Å². The van der Waals surface area contributed by atoms with Gasteiger partial charge in [-0.15, -0.1) is 0 Å². The number of aliphatic hydroxyl groups is 5. The van der Waals surface area contributed by atoms with E-state index in [1.54, 1.807) is 26.0 Å². The van der Waals surface area contributed by atoms with Crippen LogP contribution in [-0.2, 0) is 28.5 Å². The van der Waals surface area contributed by atoms with Crippen molar-refractivity contribution in [2.45, 2.75) is 199 Å². The topological polar surface area (TPSA) is 164 Å². The van der Waals surface area contributed by atoms with E-state index >= 15 is 0 Å². The minimum atomic E-state index is -1.95. The summed E-state index contributed by atoms with van der Waals surface area (Å²) in [6, 6.07) is 0. The predicted octanol–water partition coefficient (Wildman–Crippen LogP) is 5.62. The number of hydrogen-bond donors (Lipinski definition) is 5. The molecule has 5 aliphatic rings. The number of rotatable bonds is 11. The summed E-state index contributed by atoms with van der Waals surface area (Å²) < 4.78 is 32.8. The van der Waals surface area contributed by atoms with Crippen molar-refractivity contribution in [3.05, 3.63) is 12.2 Å². The Morgan fingerprint density at radius 3 is 2.15 bits per heavy atom. The second kappa shape index (κ2) is 15.7. The van der Waals surface area contributed by atoms with Crippen LogP contribution < -0.4 is 0 Å². The molecule has 0 bridgehead atoms. The Kier molecular flexibility index (Phi) is 12.8. The Bertz CT molecular complexity index is 1310. The summed E-state index contributed by atoms with van der Waals surface area (Å²) in [6.45, 7) is 21.8. The summed E-state index contributed by atoms with van der Waals surface area (Å²) in [5.41, 5.74) is -2.29. The molecule has 0 aromatic heterocycles. The monoisotopic (exact) mass is 753 g/mol. The van der Waals surface area contributed by atoms with Crippen molar-refractivity contribution >= 4 is 5.78 Å². The first-order chi connectivity index (χ1) is 24.6. The molecule has 5 aliphatic heterocycles. The van der Waals surface area contributed by atoms with Gasteiger partial charge in [0.25, 0.3) is 0 Å². The second-order valence-electron chi connectivity index (χ2n) is 18.5. The van der Waals surface area contributed by atoms with E-state index < -0.39 is 70.9 Å². The molecule has 0 radical (unpaired) electrons. The molecule has 0 amide bonds. The van der Waals surface area contributed by atoms with Gasteiger partial charge >= 0.3 is 0 Å². The lowest BCUT2D eigenvalue weighted by molar-refractivity contribution is -0.453. The van der Waals surface area contributed by atoms with E-state index in [0.29, 0.717) is 43.9 Å². The number of carbonyl (C=O) groups excluding carboxylic acids is 1. The number of aliphatic hydroxyl groups excluding tert-OH is 3. The van der Waals surface area contributed by atoms with Crippen molar-refractivity contribution in [2.24, 2.45) is 47.3 Å².